The van der Waals surface area contributed by atoms with Crippen molar-refractivity contribution < 1.29 is 24.2 Å². The third-order valence-corrected chi connectivity index (χ3v) is 7.17. The second-order valence-corrected chi connectivity index (χ2v) is 9.57. The van der Waals surface area contributed by atoms with Gasteiger partial charge >= 0.3 is 12.1 Å². The van der Waals surface area contributed by atoms with Crippen molar-refractivity contribution in [3.05, 3.63) is 59.7 Å². The molecule has 35 heavy (non-hydrogen) atoms. The molecule has 1 fully saturated rings. The predicted molar refractivity (Wildman–Crippen MR) is 133 cm³/mol. The summed E-state index contributed by atoms with van der Waals surface area (Å²) in [6.07, 6.45) is 4.13. The van der Waals surface area contributed by atoms with Crippen LogP contribution in [-0.2, 0) is 14.3 Å². The van der Waals surface area contributed by atoms with Crippen molar-refractivity contribution in [1.29, 1.82) is 0 Å². The van der Waals surface area contributed by atoms with Gasteiger partial charge in [0.1, 0.15) is 12.6 Å². The highest BCUT2D eigenvalue weighted by molar-refractivity contribution is 5.86. The number of hydrogen-bond acceptors (Lipinski definition) is 4. The van der Waals surface area contributed by atoms with Gasteiger partial charge < -0.3 is 20.5 Å². The molecule has 7 nitrogen and oxygen atoms in total. The van der Waals surface area contributed by atoms with Gasteiger partial charge in [0.25, 0.3) is 0 Å². The summed E-state index contributed by atoms with van der Waals surface area (Å²) in [6.45, 7) is 2.21. The Morgan fingerprint density at radius 1 is 1.03 bits per heavy atom. The van der Waals surface area contributed by atoms with Crippen molar-refractivity contribution in [2.75, 3.05) is 6.61 Å². The van der Waals surface area contributed by atoms with E-state index in [1.54, 1.807) is 0 Å². The fourth-order valence-electron chi connectivity index (χ4n) is 5.31. The Hall–Kier alpha value is -3.35. The van der Waals surface area contributed by atoms with Gasteiger partial charge in [0.15, 0.2) is 0 Å². The first-order valence-electron chi connectivity index (χ1n) is 12.6. The summed E-state index contributed by atoms with van der Waals surface area (Å²) in [5, 5.41) is 15.0. The molecule has 0 heterocycles. The molecule has 0 bridgehead atoms. The van der Waals surface area contributed by atoms with Crippen molar-refractivity contribution >= 4 is 18.0 Å². The first-order chi connectivity index (χ1) is 17.0. The topological polar surface area (TPSA) is 105 Å². The second kappa shape index (κ2) is 11.4. The molecule has 2 aliphatic rings. The molecule has 0 aliphatic heterocycles. The van der Waals surface area contributed by atoms with Gasteiger partial charge in [-0.15, -0.1) is 0 Å². The summed E-state index contributed by atoms with van der Waals surface area (Å²) in [5.74, 6) is -1.57. The summed E-state index contributed by atoms with van der Waals surface area (Å²) in [5.41, 5.74) is 4.58. The van der Waals surface area contributed by atoms with E-state index in [1.165, 1.54) is 0 Å². The number of carboxylic acid groups (broad SMARTS) is 1. The highest BCUT2D eigenvalue weighted by atomic mass is 16.5. The maximum absolute atomic E-state index is 13.0. The molecule has 0 aromatic heterocycles. The highest BCUT2D eigenvalue weighted by Crippen LogP contribution is 2.44. The van der Waals surface area contributed by atoms with E-state index >= 15 is 0 Å². The van der Waals surface area contributed by atoms with Crippen LogP contribution in [0.2, 0.25) is 0 Å². The minimum absolute atomic E-state index is 0.0498. The third kappa shape index (κ3) is 5.84. The number of benzene rings is 2. The second-order valence-electron chi connectivity index (χ2n) is 9.57. The minimum atomic E-state index is -0.816. The molecule has 2 aromatic carbocycles. The Morgan fingerprint density at radius 3 is 2.31 bits per heavy atom. The summed E-state index contributed by atoms with van der Waals surface area (Å²) in [6, 6.07) is 15.4. The van der Waals surface area contributed by atoms with E-state index in [-0.39, 0.29) is 24.5 Å². The zero-order chi connectivity index (χ0) is 24.8. The number of unbranched alkanes of at least 4 members (excludes halogenated alkanes) is 1. The SMILES string of the molecule is CCCCC(NC(=O)OCC1c2ccccc2-c2ccccc21)C(=O)N[C@H]1CCC[C@@H](C(=O)O)C1. The van der Waals surface area contributed by atoms with Crippen molar-refractivity contribution in [1.82, 2.24) is 10.6 Å². The maximum atomic E-state index is 13.0. The van der Waals surface area contributed by atoms with Gasteiger partial charge in [-0.25, -0.2) is 4.79 Å². The predicted octanol–water partition coefficient (Wildman–Crippen LogP) is 4.84. The van der Waals surface area contributed by atoms with Crippen LogP contribution in [0.5, 0.6) is 0 Å². The molecule has 2 amide bonds. The van der Waals surface area contributed by atoms with Gasteiger partial charge in [-0.2, -0.15) is 0 Å². The first kappa shape index (κ1) is 24.8. The maximum Gasteiger partial charge on any atom is 0.407 e. The van der Waals surface area contributed by atoms with E-state index in [9.17, 15) is 19.5 Å². The number of ether oxygens (including phenoxy) is 1. The minimum Gasteiger partial charge on any atom is -0.481 e. The van der Waals surface area contributed by atoms with E-state index in [1.807, 2.05) is 31.2 Å². The van der Waals surface area contributed by atoms with E-state index in [0.717, 1.165) is 47.9 Å². The lowest BCUT2D eigenvalue weighted by Crippen LogP contribution is -2.51. The number of nitrogens with one attached hydrogen (secondary N) is 2. The standard InChI is InChI=1S/C28H34N2O5/c1-2-3-15-25(26(31)29-19-10-8-9-18(16-19)27(32)33)30-28(34)35-17-24-22-13-6-4-11-20(22)21-12-5-7-14-23(21)24/h4-7,11-14,18-19,24-25H,2-3,8-10,15-17H2,1H3,(H,29,31)(H,30,34)(H,32,33)/t18-,19+,25?/m1/s1. The van der Waals surface area contributed by atoms with E-state index < -0.39 is 24.0 Å². The number of rotatable bonds is 9. The van der Waals surface area contributed by atoms with Crippen molar-refractivity contribution in [2.24, 2.45) is 5.92 Å². The van der Waals surface area contributed by atoms with E-state index in [2.05, 4.69) is 34.9 Å². The largest absolute Gasteiger partial charge is 0.481 e. The van der Waals surface area contributed by atoms with Crippen LogP contribution in [0.4, 0.5) is 4.79 Å². The number of aliphatic carboxylic acids is 1. The summed E-state index contributed by atoms with van der Waals surface area (Å²) in [7, 11) is 0. The lowest BCUT2D eigenvalue weighted by molar-refractivity contribution is -0.143. The van der Waals surface area contributed by atoms with Crippen LogP contribution in [0.25, 0.3) is 11.1 Å². The molecule has 186 valence electrons. The summed E-state index contributed by atoms with van der Waals surface area (Å²) >= 11 is 0. The van der Waals surface area contributed by atoms with Crippen LogP contribution < -0.4 is 10.6 Å². The van der Waals surface area contributed by atoms with Crippen LogP contribution in [-0.4, -0.2) is 41.8 Å². The molecule has 3 N–H and O–H groups in total. The third-order valence-electron chi connectivity index (χ3n) is 7.17. The van der Waals surface area contributed by atoms with Gasteiger partial charge in [-0.05, 0) is 47.9 Å². The molecule has 2 aliphatic carbocycles. The lowest BCUT2D eigenvalue weighted by Gasteiger charge is -2.29. The van der Waals surface area contributed by atoms with Crippen LogP contribution in [0.1, 0.15) is 68.9 Å². The molecule has 7 heteroatoms. The fraction of sp³-hybridized carbons (Fsp3) is 0.464. The Labute approximate surface area is 206 Å². The van der Waals surface area contributed by atoms with E-state index in [0.29, 0.717) is 19.3 Å². The van der Waals surface area contributed by atoms with Crippen molar-refractivity contribution in [3.8, 4) is 11.1 Å². The van der Waals surface area contributed by atoms with Crippen molar-refractivity contribution in [2.45, 2.75) is 69.9 Å². The zero-order valence-electron chi connectivity index (χ0n) is 20.2. The van der Waals surface area contributed by atoms with Crippen LogP contribution >= 0.6 is 0 Å². The van der Waals surface area contributed by atoms with Crippen molar-refractivity contribution in [3.63, 3.8) is 0 Å². The number of fused-ring (bicyclic) bond motifs is 3. The highest BCUT2D eigenvalue weighted by Gasteiger charge is 2.31. The fourth-order valence-corrected chi connectivity index (χ4v) is 5.31. The van der Waals surface area contributed by atoms with Gasteiger partial charge in [0, 0.05) is 12.0 Å². The van der Waals surface area contributed by atoms with Gasteiger partial charge in [-0.3, -0.25) is 9.59 Å². The number of amides is 2. The number of alkyl carbamates (subject to hydrolysis) is 1. The van der Waals surface area contributed by atoms with E-state index in [4.69, 9.17) is 4.74 Å². The smallest absolute Gasteiger partial charge is 0.407 e. The molecule has 0 spiro atoms. The normalized spacial score (nSPS) is 19.8. The number of carbonyl (C=O) groups excluding carboxylic acids is 2. The molecule has 1 saturated carbocycles. The monoisotopic (exact) mass is 478 g/mol. The van der Waals surface area contributed by atoms with Gasteiger partial charge in [0.05, 0.1) is 5.92 Å². The van der Waals surface area contributed by atoms with Gasteiger partial charge in [0.2, 0.25) is 5.91 Å². The molecule has 1 unspecified atom stereocenters. The molecule has 3 atom stereocenters. The summed E-state index contributed by atoms with van der Waals surface area (Å²) in [4.78, 5) is 37.1. The first-order valence-corrected chi connectivity index (χ1v) is 12.6. The number of hydrogen-bond donors (Lipinski definition) is 3. The Morgan fingerprint density at radius 2 is 1.69 bits per heavy atom. The Balaban J connectivity index is 1.36. The van der Waals surface area contributed by atoms with Gasteiger partial charge in [-0.1, -0.05) is 74.7 Å². The zero-order valence-corrected chi connectivity index (χ0v) is 20.2. The molecular weight excluding hydrogens is 444 g/mol. The quantitative estimate of drug-likeness (QED) is 0.478. The van der Waals surface area contributed by atoms with Crippen LogP contribution in [0.3, 0.4) is 0 Å². The molecule has 2 aromatic rings. The Kier molecular flexibility index (Phi) is 8.06. The average Bonchev–Trinajstić information content (AvgIpc) is 3.19. The Bertz CT molecular complexity index is 1020. The average molecular weight is 479 g/mol. The van der Waals surface area contributed by atoms with Crippen LogP contribution in [0.15, 0.2) is 48.5 Å². The van der Waals surface area contributed by atoms with Crippen LogP contribution in [0, 0.1) is 5.92 Å². The molecular formula is C28H34N2O5. The molecule has 4 rings (SSSR count). The number of carbonyl (C=O) groups is 3. The number of carboxylic acids is 1. The molecule has 0 saturated heterocycles. The lowest BCUT2D eigenvalue weighted by atomic mass is 9.85. The summed E-state index contributed by atoms with van der Waals surface area (Å²) < 4.78 is 5.63. The molecule has 0 radical (unpaired) electrons.